The molecule has 0 aliphatic rings. The van der Waals surface area contributed by atoms with E-state index in [-0.39, 0.29) is 16.3 Å². The second kappa shape index (κ2) is 6.45. The lowest BCUT2D eigenvalue weighted by Gasteiger charge is -2.04. The molecular weight excluding hydrogens is 344 g/mol. The Balaban J connectivity index is 2.19. The molecule has 126 valence electrons. The highest BCUT2D eigenvalue weighted by Crippen LogP contribution is 2.22. The molecule has 1 aromatic carbocycles. The van der Waals surface area contributed by atoms with Crippen molar-refractivity contribution in [1.82, 2.24) is 4.83 Å². The number of benzene rings is 1. The summed E-state index contributed by atoms with van der Waals surface area (Å²) >= 11 is 0. The first kappa shape index (κ1) is 17.1. The van der Waals surface area contributed by atoms with Crippen LogP contribution in [0, 0.1) is 27.2 Å². The van der Waals surface area contributed by atoms with Gasteiger partial charge >= 0.3 is 5.88 Å². The van der Waals surface area contributed by atoms with E-state index in [0.717, 1.165) is 18.3 Å². The van der Waals surface area contributed by atoms with Crippen molar-refractivity contribution in [3.05, 3.63) is 61.9 Å². The molecule has 1 N–H and O–H groups in total. The molecule has 0 saturated carbocycles. The molecule has 12 heteroatoms. The third-order valence-electron chi connectivity index (χ3n) is 2.84. The molecule has 0 spiro atoms. The summed E-state index contributed by atoms with van der Waals surface area (Å²) in [6, 6.07) is 5.71. The fourth-order valence-electron chi connectivity index (χ4n) is 1.67. The van der Waals surface area contributed by atoms with Gasteiger partial charge in [-0.25, -0.2) is 0 Å². The molecule has 0 fully saturated rings. The smallest absolute Gasteiger partial charge is 0.400 e. The van der Waals surface area contributed by atoms with E-state index >= 15 is 0 Å². The minimum absolute atomic E-state index is 0.0423. The van der Waals surface area contributed by atoms with Crippen LogP contribution < -0.4 is 4.83 Å². The van der Waals surface area contributed by atoms with Crippen molar-refractivity contribution in [2.75, 3.05) is 0 Å². The number of nitrogens with one attached hydrogen (secondary N) is 1. The number of nitro benzene ring substituents is 1. The van der Waals surface area contributed by atoms with Gasteiger partial charge in [0.25, 0.3) is 15.7 Å². The Bertz CT molecular complexity index is 933. The number of aryl methyl sites for hydroxylation is 1. The Morgan fingerprint density at radius 2 is 1.88 bits per heavy atom. The quantitative estimate of drug-likeness (QED) is 0.469. The number of nitrogens with zero attached hydrogens (tertiary/aromatic N) is 3. The van der Waals surface area contributed by atoms with Crippen LogP contribution in [0.5, 0.6) is 0 Å². The van der Waals surface area contributed by atoms with Crippen molar-refractivity contribution in [3.8, 4) is 0 Å². The maximum atomic E-state index is 12.0. The van der Waals surface area contributed by atoms with Crippen LogP contribution in [0.3, 0.4) is 0 Å². The van der Waals surface area contributed by atoms with E-state index < -0.39 is 25.8 Å². The Morgan fingerprint density at radius 1 is 1.17 bits per heavy atom. The average molecular weight is 354 g/mol. The van der Waals surface area contributed by atoms with Crippen molar-refractivity contribution in [1.29, 1.82) is 0 Å². The highest BCUT2D eigenvalue weighted by atomic mass is 32.2. The van der Waals surface area contributed by atoms with E-state index in [9.17, 15) is 28.6 Å². The standard InChI is InChI=1S/C12H10N4O7S/c1-8-2-4-10(6-11(8)15(17)18)24(21,22)14-13-7-9-3-5-12(23-9)16(19)20/h2-7,14H,1H3/b13-7+. The van der Waals surface area contributed by atoms with Crippen LogP contribution in [0.4, 0.5) is 11.6 Å². The summed E-state index contributed by atoms with van der Waals surface area (Å²) in [5.74, 6) is -0.562. The van der Waals surface area contributed by atoms with Gasteiger partial charge in [0.2, 0.25) is 0 Å². The highest BCUT2D eigenvalue weighted by molar-refractivity contribution is 7.89. The largest absolute Gasteiger partial charge is 0.433 e. The van der Waals surface area contributed by atoms with E-state index in [0.29, 0.717) is 5.56 Å². The molecule has 0 bridgehead atoms. The third-order valence-corrected chi connectivity index (χ3v) is 4.07. The van der Waals surface area contributed by atoms with Crippen molar-refractivity contribution < 1.29 is 22.7 Å². The Hall–Kier alpha value is -3.28. The Kier molecular flexibility index (Phi) is 4.59. The van der Waals surface area contributed by atoms with Crippen molar-refractivity contribution >= 4 is 27.8 Å². The molecule has 0 radical (unpaired) electrons. The fourth-order valence-corrected chi connectivity index (χ4v) is 2.49. The van der Waals surface area contributed by atoms with E-state index in [1.807, 2.05) is 4.83 Å². The zero-order valence-electron chi connectivity index (χ0n) is 12.1. The number of rotatable bonds is 6. The predicted molar refractivity (Wildman–Crippen MR) is 81.1 cm³/mol. The lowest BCUT2D eigenvalue weighted by Crippen LogP contribution is -2.18. The highest BCUT2D eigenvalue weighted by Gasteiger charge is 2.19. The van der Waals surface area contributed by atoms with E-state index in [4.69, 9.17) is 4.42 Å². The number of hydrogen-bond donors (Lipinski definition) is 1. The predicted octanol–water partition coefficient (Wildman–Crippen LogP) is 1.72. The summed E-state index contributed by atoms with van der Waals surface area (Å²) in [6.07, 6.45) is 0.924. The number of hydrogen-bond acceptors (Lipinski definition) is 8. The molecule has 0 unspecified atom stereocenters. The molecule has 0 saturated heterocycles. The second-order valence-electron chi connectivity index (χ2n) is 4.49. The normalized spacial score (nSPS) is 11.5. The van der Waals surface area contributed by atoms with Gasteiger partial charge in [-0.2, -0.15) is 18.4 Å². The minimum atomic E-state index is -4.14. The van der Waals surface area contributed by atoms with Gasteiger partial charge in [0, 0.05) is 11.6 Å². The first-order valence-electron chi connectivity index (χ1n) is 6.25. The summed E-state index contributed by atoms with van der Waals surface area (Å²) in [4.78, 5) is 21.3. The number of sulfonamides is 1. The van der Waals surface area contributed by atoms with Gasteiger partial charge in [-0.3, -0.25) is 20.2 Å². The molecule has 2 rings (SSSR count). The summed E-state index contributed by atoms with van der Waals surface area (Å²) in [6.45, 7) is 1.48. The van der Waals surface area contributed by atoms with Crippen molar-refractivity contribution in [3.63, 3.8) is 0 Å². The van der Waals surface area contributed by atoms with Crippen LogP contribution in [-0.4, -0.2) is 24.5 Å². The lowest BCUT2D eigenvalue weighted by atomic mass is 10.2. The molecule has 0 atom stereocenters. The fraction of sp³-hybridized carbons (Fsp3) is 0.0833. The first-order chi connectivity index (χ1) is 11.2. The van der Waals surface area contributed by atoms with Crippen molar-refractivity contribution in [2.45, 2.75) is 11.8 Å². The average Bonchev–Trinajstić information content (AvgIpc) is 2.96. The zero-order valence-corrected chi connectivity index (χ0v) is 12.9. The number of nitro groups is 2. The third kappa shape index (κ3) is 3.73. The zero-order chi connectivity index (χ0) is 17.9. The van der Waals surface area contributed by atoms with Gasteiger partial charge in [0.05, 0.1) is 22.1 Å². The summed E-state index contributed by atoms with van der Waals surface area (Å²) in [5, 5.41) is 24.7. The molecule has 0 aliphatic heterocycles. The monoisotopic (exact) mass is 354 g/mol. The molecule has 1 heterocycles. The Labute approximate surface area is 134 Å². The second-order valence-corrected chi connectivity index (χ2v) is 6.15. The molecule has 11 nitrogen and oxygen atoms in total. The van der Waals surface area contributed by atoms with Crippen molar-refractivity contribution in [2.24, 2.45) is 5.10 Å². The first-order valence-corrected chi connectivity index (χ1v) is 7.73. The van der Waals surface area contributed by atoms with Crippen LogP contribution >= 0.6 is 0 Å². The number of hydrazone groups is 1. The van der Waals surface area contributed by atoms with Gasteiger partial charge < -0.3 is 4.42 Å². The summed E-state index contributed by atoms with van der Waals surface area (Å²) in [7, 11) is -4.14. The van der Waals surface area contributed by atoms with E-state index in [1.54, 1.807) is 0 Å². The molecule has 0 amide bonds. The van der Waals surface area contributed by atoms with Gasteiger partial charge in [0.15, 0.2) is 5.76 Å². The molecule has 1 aromatic heterocycles. The van der Waals surface area contributed by atoms with Gasteiger partial charge in [-0.15, -0.1) is 0 Å². The van der Waals surface area contributed by atoms with Crippen LogP contribution in [0.2, 0.25) is 0 Å². The lowest BCUT2D eigenvalue weighted by molar-refractivity contribution is -0.402. The SMILES string of the molecule is Cc1ccc(S(=O)(=O)N/N=C/c2ccc([N+](=O)[O-])o2)cc1[N+](=O)[O-]. The van der Waals surface area contributed by atoms with E-state index in [1.165, 1.54) is 25.1 Å². The molecular formula is C12H10N4O7S. The minimum Gasteiger partial charge on any atom is -0.400 e. The van der Waals surface area contributed by atoms with Gasteiger partial charge in [-0.05, 0) is 19.1 Å². The van der Waals surface area contributed by atoms with Gasteiger partial charge in [-0.1, -0.05) is 6.07 Å². The Morgan fingerprint density at radius 3 is 2.46 bits per heavy atom. The topological polar surface area (TPSA) is 158 Å². The van der Waals surface area contributed by atoms with Gasteiger partial charge in [0.1, 0.15) is 4.92 Å². The van der Waals surface area contributed by atoms with Crippen LogP contribution in [0.1, 0.15) is 11.3 Å². The van der Waals surface area contributed by atoms with Crippen LogP contribution in [0.25, 0.3) is 0 Å². The molecule has 2 aromatic rings. The van der Waals surface area contributed by atoms with Crippen LogP contribution in [-0.2, 0) is 10.0 Å². The molecule has 24 heavy (non-hydrogen) atoms. The summed E-state index contributed by atoms with van der Waals surface area (Å²) < 4.78 is 28.8. The molecule has 0 aliphatic carbocycles. The summed E-state index contributed by atoms with van der Waals surface area (Å²) in [5.41, 5.74) is -0.0335. The van der Waals surface area contributed by atoms with Crippen LogP contribution in [0.15, 0.2) is 44.7 Å². The number of furan rings is 1. The van der Waals surface area contributed by atoms with E-state index in [2.05, 4.69) is 5.10 Å². The maximum Gasteiger partial charge on any atom is 0.433 e. The maximum absolute atomic E-state index is 12.0.